The summed E-state index contributed by atoms with van der Waals surface area (Å²) in [5.41, 5.74) is 2.06. The second-order valence-electron chi connectivity index (χ2n) is 6.02. The highest BCUT2D eigenvalue weighted by atomic mass is 35.5. The first-order valence-electron chi connectivity index (χ1n) is 8.18. The van der Waals surface area contributed by atoms with Gasteiger partial charge in [-0.3, -0.25) is 0 Å². The first-order chi connectivity index (χ1) is 13.0. The van der Waals surface area contributed by atoms with E-state index < -0.39 is 10.0 Å². The molecule has 0 spiro atoms. The standard InChI is InChI=1S/C20H14Cl2N2O2S/c21-15-10-11-16(22)19(13-15)27(25,26)24-18-9-5-4-8-17(18)23-20(24)12-14-6-2-1-3-7-14/h1-11,13H,12H2. The van der Waals surface area contributed by atoms with Crippen molar-refractivity contribution in [2.75, 3.05) is 0 Å². The third-order valence-electron chi connectivity index (χ3n) is 4.20. The molecule has 0 atom stereocenters. The Balaban J connectivity index is 1.97. The van der Waals surface area contributed by atoms with E-state index in [0.29, 0.717) is 28.3 Å². The van der Waals surface area contributed by atoms with E-state index in [0.717, 1.165) is 5.56 Å². The molecule has 136 valence electrons. The molecule has 0 amide bonds. The van der Waals surface area contributed by atoms with Crippen LogP contribution in [0, 0.1) is 0 Å². The summed E-state index contributed by atoms with van der Waals surface area (Å²) >= 11 is 12.2. The van der Waals surface area contributed by atoms with Gasteiger partial charge in [0, 0.05) is 11.4 Å². The summed E-state index contributed by atoms with van der Waals surface area (Å²) in [5.74, 6) is 0.415. The number of nitrogens with zero attached hydrogens (tertiary/aromatic N) is 2. The van der Waals surface area contributed by atoms with Crippen LogP contribution in [0.4, 0.5) is 0 Å². The normalized spacial score (nSPS) is 11.8. The lowest BCUT2D eigenvalue weighted by molar-refractivity contribution is 0.586. The third kappa shape index (κ3) is 3.34. The van der Waals surface area contributed by atoms with Crippen LogP contribution in [-0.4, -0.2) is 17.4 Å². The number of aromatic nitrogens is 2. The molecule has 0 saturated heterocycles. The quantitative estimate of drug-likeness (QED) is 0.460. The molecular formula is C20H14Cl2N2O2S. The zero-order valence-electron chi connectivity index (χ0n) is 14.0. The predicted molar refractivity (Wildman–Crippen MR) is 108 cm³/mol. The Morgan fingerprint density at radius 2 is 1.59 bits per heavy atom. The maximum Gasteiger partial charge on any atom is 0.271 e. The molecule has 0 aliphatic heterocycles. The van der Waals surface area contributed by atoms with E-state index in [1.807, 2.05) is 36.4 Å². The fraction of sp³-hybridized carbons (Fsp3) is 0.0500. The molecule has 1 aromatic heterocycles. The number of hydrogen-bond donors (Lipinski definition) is 0. The fourth-order valence-electron chi connectivity index (χ4n) is 2.99. The van der Waals surface area contributed by atoms with Crippen molar-refractivity contribution in [2.24, 2.45) is 0 Å². The molecule has 4 aromatic rings. The molecule has 4 nitrogen and oxygen atoms in total. The van der Waals surface area contributed by atoms with Crippen LogP contribution in [0.3, 0.4) is 0 Å². The topological polar surface area (TPSA) is 52.0 Å². The Kier molecular flexibility index (Phi) is 4.68. The predicted octanol–water partition coefficient (Wildman–Crippen LogP) is 5.17. The Morgan fingerprint density at radius 1 is 0.889 bits per heavy atom. The average molecular weight is 417 g/mol. The van der Waals surface area contributed by atoms with Gasteiger partial charge in [0.25, 0.3) is 10.0 Å². The summed E-state index contributed by atoms with van der Waals surface area (Å²) in [6, 6.07) is 21.1. The van der Waals surface area contributed by atoms with Gasteiger partial charge in [-0.15, -0.1) is 0 Å². The molecule has 0 saturated carbocycles. The molecule has 0 unspecified atom stereocenters. The molecule has 0 radical (unpaired) electrons. The van der Waals surface area contributed by atoms with Crippen molar-refractivity contribution in [3.05, 3.63) is 94.2 Å². The van der Waals surface area contributed by atoms with Crippen molar-refractivity contribution in [3.63, 3.8) is 0 Å². The maximum atomic E-state index is 13.5. The minimum atomic E-state index is -3.99. The molecule has 0 N–H and O–H groups in total. The Labute approximate surface area is 167 Å². The van der Waals surface area contributed by atoms with E-state index >= 15 is 0 Å². The van der Waals surface area contributed by atoms with Crippen LogP contribution in [0.1, 0.15) is 11.4 Å². The van der Waals surface area contributed by atoms with Crippen LogP contribution in [0.2, 0.25) is 10.0 Å². The van der Waals surface area contributed by atoms with Gasteiger partial charge in [0.15, 0.2) is 0 Å². The van der Waals surface area contributed by atoms with Crippen molar-refractivity contribution in [3.8, 4) is 0 Å². The molecule has 0 fully saturated rings. The first kappa shape index (κ1) is 18.0. The highest BCUT2D eigenvalue weighted by molar-refractivity contribution is 7.90. The van der Waals surface area contributed by atoms with Gasteiger partial charge in [-0.25, -0.2) is 17.4 Å². The number of imidazole rings is 1. The van der Waals surface area contributed by atoms with Crippen LogP contribution in [0.15, 0.2) is 77.7 Å². The largest absolute Gasteiger partial charge is 0.271 e. The number of fused-ring (bicyclic) bond motifs is 1. The van der Waals surface area contributed by atoms with Gasteiger partial charge in [-0.05, 0) is 35.9 Å². The lowest BCUT2D eigenvalue weighted by atomic mass is 10.1. The lowest BCUT2D eigenvalue weighted by Gasteiger charge is -2.12. The number of hydrogen-bond acceptors (Lipinski definition) is 3. The molecule has 7 heteroatoms. The monoisotopic (exact) mass is 416 g/mol. The summed E-state index contributed by atoms with van der Waals surface area (Å²) in [7, 11) is -3.99. The molecule has 1 heterocycles. The second-order valence-corrected chi connectivity index (χ2v) is 8.62. The average Bonchev–Trinajstić information content (AvgIpc) is 3.03. The maximum absolute atomic E-state index is 13.5. The molecule has 0 bridgehead atoms. The van der Waals surface area contributed by atoms with E-state index in [1.165, 1.54) is 16.1 Å². The Bertz CT molecular complexity index is 1240. The SMILES string of the molecule is O=S(=O)(c1cc(Cl)ccc1Cl)n1c(Cc2ccccc2)nc2ccccc21. The van der Waals surface area contributed by atoms with Crippen LogP contribution >= 0.6 is 23.2 Å². The highest BCUT2D eigenvalue weighted by Gasteiger charge is 2.26. The number of benzene rings is 3. The Morgan fingerprint density at radius 3 is 2.37 bits per heavy atom. The van der Waals surface area contributed by atoms with Gasteiger partial charge < -0.3 is 0 Å². The zero-order valence-corrected chi connectivity index (χ0v) is 16.3. The van der Waals surface area contributed by atoms with Crippen molar-refractivity contribution >= 4 is 44.3 Å². The molecular weight excluding hydrogens is 403 g/mol. The van der Waals surface area contributed by atoms with E-state index in [9.17, 15) is 8.42 Å². The van der Waals surface area contributed by atoms with Crippen LogP contribution in [-0.2, 0) is 16.4 Å². The minimum absolute atomic E-state index is 0.0471. The van der Waals surface area contributed by atoms with Crippen LogP contribution in [0.25, 0.3) is 11.0 Å². The molecule has 3 aromatic carbocycles. The summed E-state index contributed by atoms with van der Waals surface area (Å²) in [6.07, 6.45) is 0.368. The summed E-state index contributed by atoms with van der Waals surface area (Å²) in [4.78, 5) is 4.51. The van der Waals surface area contributed by atoms with Gasteiger partial charge in [0.05, 0.1) is 16.1 Å². The van der Waals surface area contributed by atoms with E-state index in [-0.39, 0.29) is 9.92 Å². The zero-order chi connectivity index (χ0) is 19.0. The van der Waals surface area contributed by atoms with E-state index in [4.69, 9.17) is 23.2 Å². The fourth-order valence-corrected chi connectivity index (χ4v) is 5.22. The summed E-state index contributed by atoms with van der Waals surface area (Å²) in [6.45, 7) is 0. The van der Waals surface area contributed by atoms with E-state index in [1.54, 1.807) is 24.3 Å². The number of halogens is 2. The summed E-state index contributed by atoms with van der Waals surface area (Å²) < 4.78 is 28.2. The van der Waals surface area contributed by atoms with Crippen molar-refractivity contribution in [1.29, 1.82) is 0 Å². The van der Waals surface area contributed by atoms with Crippen molar-refractivity contribution < 1.29 is 8.42 Å². The van der Waals surface area contributed by atoms with Gasteiger partial charge in [-0.2, -0.15) is 0 Å². The van der Waals surface area contributed by atoms with Gasteiger partial charge >= 0.3 is 0 Å². The third-order valence-corrected chi connectivity index (χ3v) is 6.66. The molecule has 0 aliphatic carbocycles. The van der Waals surface area contributed by atoms with Gasteiger partial charge in [-0.1, -0.05) is 65.7 Å². The first-order valence-corrected chi connectivity index (χ1v) is 10.4. The molecule has 4 rings (SSSR count). The highest BCUT2D eigenvalue weighted by Crippen LogP contribution is 2.30. The van der Waals surface area contributed by atoms with Gasteiger partial charge in [0.2, 0.25) is 0 Å². The minimum Gasteiger partial charge on any atom is -0.232 e. The lowest BCUT2D eigenvalue weighted by Crippen LogP contribution is -2.17. The Hall–Kier alpha value is -2.34. The summed E-state index contributed by atoms with van der Waals surface area (Å²) in [5, 5.41) is 0.412. The van der Waals surface area contributed by atoms with Crippen LogP contribution < -0.4 is 0 Å². The smallest absolute Gasteiger partial charge is 0.232 e. The van der Waals surface area contributed by atoms with Crippen molar-refractivity contribution in [1.82, 2.24) is 8.96 Å². The van der Waals surface area contributed by atoms with Gasteiger partial charge in [0.1, 0.15) is 10.7 Å². The van der Waals surface area contributed by atoms with E-state index in [2.05, 4.69) is 4.98 Å². The van der Waals surface area contributed by atoms with Crippen molar-refractivity contribution in [2.45, 2.75) is 11.3 Å². The molecule has 0 aliphatic rings. The molecule has 27 heavy (non-hydrogen) atoms. The number of rotatable bonds is 4. The number of para-hydroxylation sites is 2. The van der Waals surface area contributed by atoms with Crippen LogP contribution in [0.5, 0.6) is 0 Å². The second kappa shape index (κ2) is 7.00.